The van der Waals surface area contributed by atoms with Crippen LogP contribution in [0.1, 0.15) is 55.6 Å². The molecule has 2 atom stereocenters. The molecule has 1 aromatic heterocycles. The molecule has 0 aliphatic heterocycles. The number of hydrogen-bond acceptors (Lipinski definition) is 5. The zero-order valence-corrected chi connectivity index (χ0v) is 69.4. The molecule has 0 amide bonds. The number of halogens is 4. The largest absolute Gasteiger partial charge is 0.457 e. The Balaban J connectivity index is 0.699. The molecule has 604 valence electrons. The first-order valence-electron chi connectivity index (χ1n) is 42.3. The molecule has 22 rings (SSSR count). The van der Waals surface area contributed by atoms with E-state index in [-0.39, 0.29) is 23.3 Å². The smallest absolute Gasteiger partial charge is 0.127 e. The summed E-state index contributed by atoms with van der Waals surface area (Å²) in [4.78, 5) is 4.70. The molecule has 9 heteroatoms. The average molecular weight is 1660 g/mol. The molecular formula is C118H76F4N2O2S. The standard InChI is InChI=1S/C118H76F4N2O2S/c1-3-75-19-56-101(57-20-75)125-103-60-36-89(37-61-103)117(87-32-44-93(121)45-33-87)111-17-7-5-15-105(111)107-64-53-99(73-113(107)117)123(95-48-27-79(28-49-95)83-13-9-11-81(67-83)77-23-40-91(119)41-24-77)97-52-31-85-71-116-109(70-86(85)69-97)110-72-98(55-66-115(110)127-116)124(96-50-29-80(30-51-96)84-14-10-12-82(68-84)78-25-42-92(120)43-26-78)100-54-65-108-106-16-6-8-18-112(106)118(114(108)74-100,88-34-46-94(122)47-35-88)90-38-62-104(63-39-90)126-102-58-21-76(4-2)22-59-102/h3-74H,1-2H2. The molecule has 0 fully saturated rings. The average Bonchev–Trinajstić information content (AvgIpc) is 1.55. The van der Waals surface area contributed by atoms with Crippen LogP contribution in [-0.4, -0.2) is 0 Å². The Bertz CT molecular complexity index is 7660. The highest BCUT2D eigenvalue weighted by Gasteiger charge is 2.48. The van der Waals surface area contributed by atoms with Gasteiger partial charge in [0.25, 0.3) is 0 Å². The molecule has 1 heterocycles. The van der Waals surface area contributed by atoms with Crippen LogP contribution >= 0.6 is 11.3 Å². The number of rotatable bonds is 20. The van der Waals surface area contributed by atoms with Gasteiger partial charge < -0.3 is 19.3 Å². The van der Waals surface area contributed by atoms with E-state index in [1.54, 1.807) is 35.6 Å². The van der Waals surface area contributed by atoms with E-state index in [9.17, 15) is 8.78 Å². The topological polar surface area (TPSA) is 24.9 Å². The van der Waals surface area contributed by atoms with Crippen LogP contribution in [-0.2, 0) is 10.8 Å². The number of benzene rings is 19. The Labute approximate surface area is 737 Å². The monoisotopic (exact) mass is 1660 g/mol. The Morgan fingerprint density at radius 1 is 0.236 bits per heavy atom. The lowest BCUT2D eigenvalue weighted by atomic mass is 9.67. The van der Waals surface area contributed by atoms with Gasteiger partial charge in [-0.05, 0) is 333 Å². The molecule has 0 N–H and O–H groups in total. The Hall–Kier alpha value is -15.9. The van der Waals surface area contributed by atoms with Crippen LogP contribution in [0.4, 0.5) is 51.7 Å². The van der Waals surface area contributed by atoms with Crippen LogP contribution in [0.25, 0.3) is 110 Å². The third kappa shape index (κ3) is 13.7. The Morgan fingerprint density at radius 2 is 0.559 bits per heavy atom. The second-order valence-electron chi connectivity index (χ2n) is 32.5. The van der Waals surface area contributed by atoms with E-state index in [1.165, 1.54) is 24.3 Å². The van der Waals surface area contributed by atoms with Crippen LogP contribution in [0.3, 0.4) is 0 Å². The Morgan fingerprint density at radius 3 is 0.969 bits per heavy atom. The van der Waals surface area contributed by atoms with E-state index in [4.69, 9.17) is 9.47 Å². The molecule has 0 bridgehead atoms. The van der Waals surface area contributed by atoms with Crippen molar-refractivity contribution in [3.63, 3.8) is 0 Å². The zero-order valence-electron chi connectivity index (χ0n) is 68.6. The molecule has 2 unspecified atom stereocenters. The summed E-state index contributed by atoms with van der Waals surface area (Å²) in [5.74, 6) is 1.53. The van der Waals surface area contributed by atoms with Crippen molar-refractivity contribution in [1.82, 2.24) is 0 Å². The predicted molar refractivity (Wildman–Crippen MR) is 516 cm³/mol. The molecule has 127 heavy (non-hydrogen) atoms. The van der Waals surface area contributed by atoms with Crippen molar-refractivity contribution in [2.24, 2.45) is 0 Å². The predicted octanol–water partition coefficient (Wildman–Crippen LogP) is 33.0. The fraction of sp³-hybridized carbons (Fsp3) is 0.0169. The summed E-state index contributed by atoms with van der Waals surface area (Å²) in [6, 6.07) is 143. The summed E-state index contributed by atoms with van der Waals surface area (Å²) in [7, 11) is 0. The minimum atomic E-state index is -0.929. The van der Waals surface area contributed by atoms with Gasteiger partial charge in [0.15, 0.2) is 0 Å². The fourth-order valence-electron chi connectivity index (χ4n) is 19.3. The molecule has 20 aromatic rings. The van der Waals surface area contributed by atoms with Crippen LogP contribution in [0.15, 0.2) is 438 Å². The van der Waals surface area contributed by atoms with Crippen LogP contribution in [0.2, 0.25) is 0 Å². The van der Waals surface area contributed by atoms with Crippen molar-refractivity contribution in [2.75, 3.05) is 9.80 Å². The second kappa shape index (κ2) is 31.7. The van der Waals surface area contributed by atoms with Crippen molar-refractivity contribution < 1.29 is 27.0 Å². The molecule has 2 aliphatic carbocycles. The maximum Gasteiger partial charge on any atom is 0.127 e. The number of nitrogens with zero attached hydrogens (tertiary/aromatic N) is 2. The number of anilines is 6. The number of hydrogen-bond donors (Lipinski definition) is 0. The number of thiophene rings is 1. The van der Waals surface area contributed by atoms with Crippen LogP contribution in [0.5, 0.6) is 23.0 Å². The van der Waals surface area contributed by atoms with E-state index in [0.29, 0.717) is 23.0 Å². The van der Waals surface area contributed by atoms with E-state index >= 15 is 8.78 Å². The highest BCUT2D eigenvalue weighted by atomic mass is 32.1. The van der Waals surface area contributed by atoms with Gasteiger partial charge in [-0.3, -0.25) is 0 Å². The first-order chi connectivity index (χ1) is 62.4. The van der Waals surface area contributed by atoms with E-state index in [0.717, 1.165) is 187 Å². The number of fused-ring (bicyclic) bond motifs is 10. The summed E-state index contributed by atoms with van der Waals surface area (Å²) < 4.78 is 74.9. The molecule has 0 spiro atoms. The quantitative estimate of drug-likeness (QED) is 0.0710. The van der Waals surface area contributed by atoms with Crippen molar-refractivity contribution in [2.45, 2.75) is 10.8 Å². The summed E-state index contributed by atoms with van der Waals surface area (Å²) in [6.45, 7) is 7.88. The first-order valence-corrected chi connectivity index (χ1v) is 43.2. The third-order valence-electron chi connectivity index (χ3n) is 25.3. The summed E-state index contributed by atoms with van der Waals surface area (Å²) in [6.07, 6.45) is 3.62. The molecular weight excluding hydrogens is 1590 g/mol. The van der Waals surface area contributed by atoms with Gasteiger partial charge in [0.05, 0.1) is 10.8 Å². The molecule has 19 aromatic carbocycles. The maximum absolute atomic E-state index is 15.5. The van der Waals surface area contributed by atoms with E-state index in [2.05, 4.69) is 266 Å². The summed E-state index contributed by atoms with van der Waals surface area (Å²) in [5, 5.41) is 4.31. The number of ether oxygens (including phenoxy) is 2. The van der Waals surface area contributed by atoms with Gasteiger partial charge in [-0.2, -0.15) is 0 Å². The van der Waals surface area contributed by atoms with Gasteiger partial charge in [-0.25, -0.2) is 17.6 Å². The van der Waals surface area contributed by atoms with Gasteiger partial charge in [-0.1, -0.05) is 250 Å². The normalized spacial score (nSPS) is 14.1. The third-order valence-corrected chi connectivity index (χ3v) is 26.4. The molecule has 0 radical (unpaired) electrons. The minimum Gasteiger partial charge on any atom is -0.457 e. The minimum absolute atomic E-state index is 0.284. The lowest BCUT2D eigenvalue weighted by Gasteiger charge is -2.35. The lowest BCUT2D eigenvalue weighted by Crippen LogP contribution is -2.28. The molecule has 4 nitrogen and oxygen atoms in total. The fourth-order valence-corrected chi connectivity index (χ4v) is 20.4. The van der Waals surface area contributed by atoms with Crippen LogP contribution in [0, 0.1) is 23.3 Å². The summed E-state index contributed by atoms with van der Waals surface area (Å²) >= 11 is 1.77. The first kappa shape index (κ1) is 77.1. The second-order valence-corrected chi connectivity index (χ2v) is 33.6. The SMILES string of the molecule is C=Cc1ccc(Oc2ccc(C3(c4ccc(F)cc4)c4ccccc4-c4ccc(N(c5ccc(-c6cccc(-c7ccc(F)cc7)c6)cc5)c5ccc6cc7sc8ccc(N(c9ccc(-c%10cccc(-c%11ccc(F)cc%11)c%10)cc9)c9ccc%10c(c9)C(c9ccc(F)cc9)(c9ccc(Oc%11ccc(C=C)cc%11)cc9)c9ccccc9-%10)cc8c7cc6c5)cc43)cc2)cc1. The summed E-state index contributed by atoms with van der Waals surface area (Å²) in [5.41, 5.74) is 25.8. The highest BCUT2D eigenvalue weighted by molar-refractivity contribution is 7.25. The van der Waals surface area contributed by atoms with Crippen molar-refractivity contribution in [1.29, 1.82) is 0 Å². The van der Waals surface area contributed by atoms with Crippen molar-refractivity contribution in [3.05, 3.63) is 517 Å². The molecule has 0 saturated carbocycles. The molecule has 2 aliphatic rings. The van der Waals surface area contributed by atoms with E-state index < -0.39 is 10.8 Å². The van der Waals surface area contributed by atoms with Gasteiger partial charge >= 0.3 is 0 Å². The maximum atomic E-state index is 15.5. The zero-order chi connectivity index (χ0) is 85.4. The van der Waals surface area contributed by atoms with Crippen LogP contribution < -0.4 is 19.3 Å². The van der Waals surface area contributed by atoms with E-state index in [1.807, 2.05) is 146 Å². The lowest BCUT2D eigenvalue weighted by molar-refractivity contribution is 0.482. The van der Waals surface area contributed by atoms with Crippen molar-refractivity contribution in [3.8, 4) is 89.8 Å². The van der Waals surface area contributed by atoms with Gasteiger partial charge in [0.1, 0.15) is 46.3 Å². The molecule has 0 saturated heterocycles. The van der Waals surface area contributed by atoms with Gasteiger partial charge in [0.2, 0.25) is 0 Å². The Kier molecular flexibility index (Phi) is 19.3. The van der Waals surface area contributed by atoms with Crippen molar-refractivity contribution >= 4 is 88.6 Å². The van der Waals surface area contributed by atoms with Gasteiger partial charge in [-0.15, -0.1) is 11.3 Å². The highest BCUT2D eigenvalue weighted by Crippen LogP contribution is 2.60. The van der Waals surface area contributed by atoms with Gasteiger partial charge in [0, 0.05) is 54.3 Å².